The highest BCUT2D eigenvalue weighted by molar-refractivity contribution is 14.1. The van der Waals surface area contributed by atoms with Gasteiger partial charge in [-0.2, -0.15) is 0 Å². The SMILES string of the molecule is CC(=O)Nc1ccc(I)c(N)n1. The normalized spacial score (nSPS) is 9.50. The Morgan fingerprint density at radius 1 is 1.67 bits per heavy atom. The molecule has 0 fully saturated rings. The number of nitrogens with zero attached hydrogens (tertiary/aromatic N) is 1. The summed E-state index contributed by atoms with van der Waals surface area (Å²) in [7, 11) is 0. The molecule has 0 aliphatic heterocycles. The Bertz CT molecular complexity index is 314. The van der Waals surface area contributed by atoms with Crippen LogP contribution in [-0.4, -0.2) is 10.9 Å². The lowest BCUT2D eigenvalue weighted by molar-refractivity contribution is -0.114. The average Bonchev–Trinajstić information content (AvgIpc) is 1.96. The highest BCUT2D eigenvalue weighted by Gasteiger charge is 1.99. The number of hydrogen-bond donors (Lipinski definition) is 2. The van der Waals surface area contributed by atoms with Gasteiger partial charge in [-0.3, -0.25) is 4.79 Å². The maximum Gasteiger partial charge on any atom is 0.222 e. The topological polar surface area (TPSA) is 68.0 Å². The van der Waals surface area contributed by atoms with E-state index in [4.69, 9.17) is 5.73 Å². The average molecular weight is 277 g/mol. The van der Waals surface area contributed by atoms with Gasteiger partial charge in [0.05, 0.1) is 3.57 Å². The maximum atomic E-state index is 10.6. The number of carbonyl (C=O) groups is 1. The molecular formula is C7H8IN3O. The summed E-state index contributed by atoms with van der Waals surface area (Å²) in [4.78, 5) is 14.6. The third kappa shape index (κ3) is 2.33. The molecule has 1 aromatic rings. The number of nitrogens with two attached hydrogens (primary N) is 1. The molecule has 1 aromatic heterocycles. The summed E-state index contributed by atoms with van der Waals surface area (Å²) in [5.41, 5.74) is 5.53. The summed E-state index contributed by atoms with van der Waals surface area (Å²) < 4.78 is 0.877. The Hall–Kier alpha value is -0.850. The third-order valence-electron chi connectivity index (χ3n) is 1.18. The fourth-order valence-electron chi connectivity index (χ4n) is 0.708. The molecule has 0 atom stereocenters. The zero-order valence-corrected chi connectivity index (χ0v) is 8.62. The molecule has 64 valence electrons. The van der Waals surface area contributed by atoms with Crippen LogP contribution in [0.3, 0.4) is 0 Å². The van der Waals surface area contributed by atoms with Gasteiger partial charge >= 0.3 is 0 Å². The van der Waals surface area contributed by atoms with Crippen LogP contribution in [0.5, 0.6) is 0 Å². The molecule has 0 spiro atoms. The van der Waals surface area contributed by atoms with Gasteiger partial charge in [0.15, 0.2) is 0 Å². The van der Waals surface area contributed by atoms with Crippen molar-refractivity contribution in [2.75, 3.05) is 11.1 Å². The summed E-state index contributed by atoms with van der Waals surface area (Å²) in [6, 6.07) is 3.51. The van der Waals surface area contributed by atoms with E-state index in [0.717, 1.165) is 3.57 Å². The van der Waals surface area contributed by atoms with Crippen molar-refractivity contribution in [2.24, 2.45) is 0 Å². The first-order valence-electron chi connectivity index (χ1n) is 3.29. The highest BCUT2D eigenvalue weighted by Crippen LogP contribution is 2.14. The molecule has 0 aromatic carbocycles. The van der Waals surface area contributed by atoms with E-state index in [1.165, 1.54) is 6.92 Å². The number of pyridine rings is 1. The second-order valence-electron chi connectivity index (χ2n) is 2.24. The zero-order chi connectivity index (χ0) is 9.14. The molecule has 0 bridgehead atoms. The van der Waals surface area contributed by atoms with Crippen molar-refractivity contribution >= 4 is 40.1 Å². The zero-order valence-electron chi connectivity index (χ0n) is 6.47. The van der Waals surface area contributed by atoms with Crippen molar-refractivity contribution < 1.29 is 4.79 Å². The second kappa shape index (κ2) is 3.70. The van der Waals surface area contributed by atoms with Gasteiger partial charge in [-0.05, 0) is 34.7 Å². The van der Waals surface area contributed by atoms with Gasteiger partial charge in [0, 0.05) is 6.92 Å². The molecule has 0 aliphatic rings. The molecule has 1 amide bonds. The summed E-state index contributed by atoms with van der Waals surface area (Å²) in [6.45, 7) is 1.43. The van der Waals surface area contributed by atoms with E-state index < -0.39 is 0 Å². The molecule has 1 rings (SSSR count). The Balaban J connectivity index is 2.89. The first-order valence-corrected chi connectivity index (χ1v) is 4.37. The third-order valence-corrected chi connectivity index (χ3v) is 2.09. The van der Waals surface area contributed by atoms with Gasteiger partial charge in [-0.1, -0.05) is 0 Å². The Morgan fingerprint density at radius 2 is 2.33 bits per heavy atom. The minimum atomic E-state index is -0.150. The lowest BCUT2D eigenvalue weighted by Crippen LogP contribution is -2.08. The fourth-order valence-corrected chi connectivity index (χ4v) is 1.01. The summed E-state index contributed by atoms with van der Waals surface area (Å²) in [6.07, 6.45) is 0. The minimum Gasteiger partial charge on any atom is -0.383 e. The van der Waals surface area contributed by atoms with E-state index in [-0.39, 0.29) is 5.91 Å². The molecule has 0 saturated carbocycles. The largest absolute Gasteiger partial charge is 0.383 e. The molecule has 0 aliphatic carbocycles. The van der Waals surface area contributed by atoms with Crippen LogP contribution in [-0.2, 0) is 4.79 Å². The Kier molecular flexibility index (Phi) is 2.85. The minimum absolute atomic E-state index is 0.150. The number of hydrogen-bond acceptors (Lipinski definition) is 3. The van der Waals surface area contributed by atoms with E-state index in [2.05, 4.69) is 32.9 Å². The number of halogens is 1. The maximum absolute atomic E-state index is 10.6. The van der Waals surface area contributed by atoms with E-state index in [1.54, 1.807) is 12.1 Å². The highest BCUT2D eigenvalue weighted by atomic mass is 127. The molecule has 3 N–H and O–H groups in total. The van der Waals surface area contributed by atoms with Gasteiger partial charge in [0.1, 0.15) is 11.6 Å². The standard InChI is InChI=1S/C7H8IN3O/c1-4(12)10-6-3-2-5(8)7(9)11-6/h2-3H,1H3,(H3,9,10,11,12). The number of aromatic nitrogens is 1. The van der Waals surface area contributed by atoms with Crippen molar-refractivity contribution in [2.45, 2.75) is 6.92 Å². The van der Waals surface area contributed by atoms with E-state index in [1.807, 2.05) is 0 Å². The number of amides is 1. The summed E-state index contributed by atoms with van der Waals surface area (Å²) >= 11 is 2.07. The van der Waals surface area contributed by atoms with Gasteiger partial charge in [-0.15, -0.1) is 0 Å². The molecule has 1 heterocycles. The number of carbonyl (C=O) groups excluding carboxylic acids is 1. The summed E-state index contributed by atoms with van der Waals surface area (Å²) in [5, 5.41) is 2.54. The quantitative estimate of drug-likeness (QED) is 0.758. The van der Waals surface area contributed by atoms with Crippen LogP contribution >= 0.6 is 22.6 Å². The second-order valence-corrected chi connectivity index (χ2v) is 3.41. The van der Waals surface area contributed by atoms with Crippen LogP contribution in [0.2, 0.25) is 0 Å². The van der Waals surface area contributed by atoms with Crippen molar-refractivity contribution in [3.8, 4) is 0 Å². The lowest BCUT2D eigenvalue weighted by Gasteiger charge is -2.02. The predicted molar refractivity (Wildman–Crippen MR) is 55.7 cm³/mol. The smallest absolute Gasteiger partial charge is 0.222 e. The van der Waals surface area contributed by atoms with Crippen LogP contribution < -0.4 is 11.1 Å². The van der Waals surface area contributed by atoms with Crippen molar-refractivity contribution in [3.63, 3.8) is 0 Å². The molecule has 5 heteroatoms. The van der Waals surface area contributed by atoms with E-state index in [0.29, 0.717) is 11.6 Å². The van der Waals surface area contributed by atoms with Crippen LogP contribution in [0.4, 0.5) is 11.6 Å². The fraction of sp³-hybridized carbons (Fsp3) is 0.143. The number of anilines is 2. The van der Waals surface area contributed by atoms with Crippen LogP contribution in [0.15, 0.2) is 12.1 Å². The molecule has 12 heavy (non-hydrogen) atoms. The van der Waals surface area contributed by atoms with Crippen LogP contribution in [0, 0.1) is 3.57 Å². The number of rotatable bonds is 1. The first kappa shape index (κ1) is 9.24. The van der Waals surface area contributed by atoms with E-state index in [9.17, 15) is 4.79 Å². The van der Waals surface area contributed by atoms with E-state index >= 15 is 0 Å². The van der Waals surface area contributed by atoms with Crippen molar-refractivity contribution in [1.29, 1.82) is 0 Å². The number of nitrogens with one attached hydrogen (secondary N) is 1. The van der Waals surface area contributed by atoms with Crippen molar-refractivity contribution in [3.05, 3.63) is 15.7 Å². The monoisotopic (exact) mass is 277 g/mol. The molecular weight excluding hydrogens is 269 g/mol. The van der Waals surface area contributed by atoms with Crippen molar-refractivity contribution in [1.82, 2.24) is 4.98 Å². The van der Waals surface area contributed by atoms with Gasteiger partial charge < -0.3 is 11.1 Å². The van der Waals surface area contributed by atoms with Gasteiger partial charge in [0.2, 0.25) is 5.91 Å². The van der Waals surface area contributed by atoms with Gasteiger partial charge in [-0.25, -0.2) is 4.98 Å². The molecule has 0 unspecified atom stereocenters. The number of nitrogen functional groups attached to an aromatic ring is 1. The van der Waals surface area contributed by atoms with Crippen LogP contribution in [0.1, 0.15) is 6.92 Å². The van der Waals surface area contributed by atoms with Crippen LogP contribution in [0.25, 0.3) is 0 Å². The molecule has 0 radical (unpaired) electrons. The molecule has 4 nitrogen and oxygen atoms in total. The summed E-state index contributed by atoms with van der Waals surface area (Å²) in [5.74, 6) is 0.769. The Labute approximate surface area is 83.7 Å². The molecule has 0 saturated heterocycles. The lowest BCUT2D eigenvalue weighted by atomic mass is 10.4. The first-order chi connectivity index (χ1) is 5.59. The predicted octanol–water partition coefficient (Wildman–Crippen LogP) is 1.23. The Morgan fingerprint density at radius 3 is 2.83 bits per heavy atom. The van der Waals surface area contributed by atoms with Gasteiger partial charge in [0.25, 0.3) is 0 Å².